The highest BCUT2D eigenvalue weighted by Gasteiger charge is 2.17. The van der Waals surface area contributed by atoms with Gasteiger partial charge in [0.25, 0.3) is 0 Å². The number of benzene rings is 1. The summed E-state index contributed by atoms with van der Waals surface area (Å²) in [6.07, 6.45) is 0. The van der Waals surface area contributed by atoms with Crippen molar-refractivity contribution in [2.45, 2.75) is 13.0 Å². The molecule has 3 N–H and O–H groups in total. The minimum Gasteiger partial charge on any atom is -0.271 e. The Morgan fingerprint density at radius 1 is 1.24 bits per heavy atom. The Hall–Kier alpha value is -0.200. The molecule has 0 bridgehead atoms. The van der Waals surface area contributed by atoms with Crippen LogP contribution >= 0.6 is 43.2 Å². The van der Waals surface area contributed by atoms with Gasteiger partial charge in [-0.05, 0) is 50.4 Å². The van der Waals surface area contributed by atoms with Gasteiger partial charge in [0.2, 0.25) is 0 Å². The van der Waals surface area contributed by atoms with E-state index in [9.17, 15) is 0 Å². The third-order valence-corrected chi connectivity index (χ3v) is 4.96. The average Bonchev–Trinajstić information content (AvgIpc) is 2.62. The zero-order valence-corrected chi connectivity index (χ0v) is 13.2. The summed E-state index contributed by atoms with van der Waals surface area (Å²) in [7, 11) is 0. The zero-order valence-electron chi connectivity index (χ0n) is 9.21. The Bertz CT molecular complexity index is 508. The number of halogens is 2. The standard InChI is InChI=1S/C12H12Br2N2S/c1-7-2-4-8(5-3-7)11(16-15)9-6-10(13)17-12(9)14/h2-6,11,16H,15H2,1H3. The molecule has 17 heavy (non-hydrogen) atoms. The van der Waals surface area contributed by atoms with Crippen LogP contribution in [0.1, 0.15) is 22.7 Å². The quantitative estimate of drug-likeness (QED) is 0.625. The second-order valence-corrected chi connectivity index (χ2v) is 7.54. The summed E-state index contributed by atoms with van der Waals surface area (Å²) < 4.78 is 2.18. The molecule has 1 atom stereocenters. The first-order valence-electron chi connectivity index (χ1n) is 5.09. The predicted octanol–water partition coefficient (Wildman–Crippen LogP) is 4.13. The summed E-state index contributed by atoms with van der Waals surface area (Å²) >= 11 is 8.70. The van der Waals surface area contributed by atoms with Crippen LogP contribution in [0.2, 0.25) is 0 Å². The maximum atomic E-state index is 5.67. The van der Waals surface area contributed by atoms with Gasteiger partial charge < -0.3 is 0 Å². The van der Waals surface area contributed by atoms with Gasteiger partial charge in [-0.15, -0.1) is 11.3 Å². The fraction of sp³-hybridized carbons (Fsp3) is 0.167. The van der Waals surface area contributed by atoms with Crippen LogP contribution in [0.25, 0.3) is 0 Å². The van der Waals surface area contributed by atoms with E-state index in [0.29, 0.717) is 0 Å². The van der Waals surface area contributed by atoms with Crippen molar-refractivity contribution in [3.05, 3.63) is 54.6 Å². The Kier molecular flexibility index (Phi) is 4.38. The zero-order chi connectivity index (χ0) is 12.4. The minimum atomic E-state index is 0.00697. The molecule has 5 heteroatoms. The van der Waals surface area contributed by atoms with Crippen LogP contribution < -0.4 is 11.3 Å². The maximum absolute atomic E-state index is 5.67. The van der Waals surface area contributed by atoms with Crippen molar-refractivity contribution in [3.63, 3.8) is 0 Å². The van der Waals surface area contributed by atoms with Crippen LogP contribution in [0, 0.1) is 6.92 Å². The minimum absolute atomic E-state index is 0.00697. The van der Waals surface area contributed by atoms with Crippen LogP contribution in [0.4, 0.5) is 0 Å². The molecule has 2 nitrogen and oxygen atoms in total. The number of thiophene rings is 1. The number of hydrazine groups is 1. The fourth-order valence-electron chi connectivity index (χ4n) is 1.67. The second-order valence-electron chi connectivity index (χ2n) is 3.79. The summed E-state index contributed by atoms with van der Waals surface area (Å²) in [4.78, 5) is 0. The lowest BCUT2D eigenvalue weighted by atomic mass is 10.0. The highest BCUT2D eigenvalue weighted by molar-refractivity contribution is 9.12. The van der Waals surface area contributed by atoms with E-state index in [-0.39, 0.29) is 6.04 Å². The molecule has 2 aromatic rings. The van der Waals surface area contributed by atoms with E-state index in [1.165, 1.54) is 5.56 Å². The third kappa shape index (κ3) is 2.98. The Morgan fingerprint density at radius 3 is 2.35 bits per heavy atom. The van der Waals surface area contributed by atoms with Gasteiger partial charge in [-0.1, -0.05) is 29.8 Å². The van der Waals surface area contributed by atoms with E-state index in [4.69, 9.17) is 5.84 Å². The molecular formula is C12H12Br2N2S. The molecule has 0 fully saturated rings. The van der Waals surface area contributed by atoms with Crippen LogP contribution in [-0.2, 0) is 0 Å². The van der Waals surface area contributed by atoms with Crippen LogP contribution in [0.3, 0.4) is 0 Å². The van der Waals surface area contributed by atoms with E-state index < -0.39 is 0 Å². The third-order valence-electron chi connectivity index (χ3n) is 2.57. The SMILES string of the molecule is Cc1ccc(C(NN)c2cc(Br)sc2Br)cc1. The topological polar surface area (TPSA) is 38.0 Å². The first-order chi connectivity index (χ1) is 8.11. The highest BCUT2D eigenvalue weighted by atomic mass is 79.9. The molecule has 1 aromatic heterocycles. The van der Waals surface area contributed by atoms with E-state index in [2.05, 4.69) is 74.5 Å². The van der Waals surface area contributed by atoms with E-state index in [0.717, 1.165) is 18.7 Å². The van der Waals surface area contributed by atoms with Crippen LogP contribution in [0.5, 0.6) is 0 Å². The normalized spacial score (nSPS) is 12.7. The number of nitrogens with two attached hydrogens (primary N) is 1. The largest absolute Gasteiger partial charge is 0.271 e. The van der Waals surface area contributed by atoms with Crippen LogP contribution in [0.15, 0.2) is 37.9 Å². The number of aryl methyl sites for hydroxylation is 1. The summed E-state index contributed by atoms with van der Waals surface area (Å²) in [6, 6.07) is 10.5. The predicted molar refractivity (Wildman–Crippen MR) is 80.1 cm³/mol. The van der Waals surface area contributed by atoms with Gasteiger partial charge in [-0.2, -0.15) is 0 Å². The number of rotatable bonds is 3. The molecule has 0 amide bonds. The molecule has 0 aliphatic carbocycles. The number of hydrogen-bond acceptors (Lipinski definition) is 3. The summed E-state index contributed by atoms with van der Waals surface area (Å²) in [5.41, 5.74) is 6.41. The Morgan fingerprint density at radius 2 is 1.88 bits per heavy atom. The van der Waals surface area contributed by atoms with Crippen molar-refractivity contribution in [2.75, 3.05) is 0 Å². The van der Waals surface area contributed by atoms with Gasteiger partial charge in [0.05, 0.1) is 13.6 Å². The van der Waals surface area contributed by atoms with Crippen molar-refractivity contribution in [3.8, 4) is 0 Å². The molecular weight excluding hydrogens is 364 g/mol. The van der Waals surface area contributed by atoms with Gasteiger partial charge in [0, 0.05) is 5.56 Å². The van der Waals surface area contributed by atoms with Gasteiger partial charge in [-0.3, -0.25) is 5.84 Å². The van der Waals surface area contributed by atoms with Crippen molar-refractivity contribution >= 4 is 43.2 Å². The van der Waals surface area contributed by atoms with Gasteiger partial charge in [0.1, 0.15) is 0 Å². The molecule has 0 saturated heterocycles. The summed E-state index contributed by atoms with van der Waals surface area (Å²) in [6.45, 7) is 2.08. The number of hydrogen-bond donors (Lipinski definition) is 2. The molecule has 1 aromatic carbocycles. The highest BCUT2D eigenvalue weighted by Crippen LogP contribution is 2.37. The fourth-order valence-corrected chi connectivity index (χ4v) is 4.58. The van der Waals surface area contributed by atoms with Gasteiger partial charge >= 0.3 is 0 Å². The molecule has 1 heterocycles. The maximum Gasteiger partial charge on any atom is 0.0762 e. The lowest BCUT2D eigenvalue weighted by Gasteiger charge is -2.16. The Balaban J connectivity index is 2.39. The van der Waals surface area contributed by atoms with Gasteiger partial charge in [0.15, 0.2) is 0 Å². The first-order valence-corrected chi connectivity index (χ1v) is 7.49. The monoisotopic (exact) mass is 374 g/mol. The van der Waals surface area contributed by atoms with Gasteiger partial charge in [-0.25, -0.2) is 5.43 Å². The molecule has 0 saturated carbocycles. The van der Waals surface area contributed by atoms with Crippen LogP contribution in [-0.4, -0.2) is 0 Å². The van der Waals surface area contributed by atoms with Crippen molar-refractivity contribution in [1.29, 1.82) is 0 Å². The van der Waals surface area contributed by atoms with Crippen molar-refractivity contribution < 1.29 is 0 Å². The van der Waals surface area contributed by atoms with Crippen molar-refractivity contribution in [2.24, 2.45) is 5.84 Å². The summed E-state index contributed by atoms with van der Waals surface area (Å²) in [5.74, 6) is 5.67. The molecule has 0 aliphatic rings. The smallest absolute Gasteiger partial charge is 0.0762 e. The number of nitrogens with one attached hydrogen (secondary N) is 1. The molecule has 90 valence electrons. The molecule has 0 radical (unpaired) electrons. The molecule has 1 unspecified atom stereocenters. The molecule has 2 rings (SSSR count). The van der Waals surface area contributed by atoms with Crippen molar-refractivity contribution in [1.82, 2.24) is 5.43 Å². The van der Waals surface area contributed by atoms with E-state index in [1.54, 1.807) is 11.3 Å². The summed E-state index contributed by atoms with van der Waals surface area (Å²) in [5, 5.41) is 0. The lowest BCUT2D eigenvalue weighted by molar-refractivity contribution is 0.636. The lowest BCUT2D eigenvalue weighted by Crippen LogP contribution is -2.28. The second kappa shape index (κ2) is 5.63. The average molecular weight is 376 g/mol. The van der Waals surface area contributed by atoms with E-state index >= 15 is 0 Å². The molecule has 0 aliphatic heterocycles. The van der Waals surface area contributed by atoms with E-state index in [1.807, 2.05) is 0 Å². The first kappa shape index (κ1) is 13.2. The molecule has 0 spiro atoms. The Labute approximate surface area is 121 Å².